The fraction of sp³-hybridized carbons (Fsp3) is 1.00. The van der Waals surface area contributed by atoms with Crippen LogP contribution >= 0.6 is 0 Å². The standard InChI is InChI=1S/C7H17NO3/c1-8(2)7(5-10,6-11)3-4-9/h9-11H,3-6H2,1-2H3. The lowest BCUT2D eigenvalue weighted by Gasteiger charge is -2.36. The number of hydrogen-bond donors (Lipinski definition) is 3. The Morgan fingerprint density at radius 1 is 1.09 bits per heavy atom. The number of hydrogen-bond acceptors (Lipinski definition) is 4. The van der Waals surface area contributed by atoms with Crippen molar-refractivity contribution in [2.45, 2.75) is 12.0 Å². The molecule has 0 fully saturated rings. The van der Waals surface area contributed by atoms with Gasteiger partial charge in [0.2, 0.25) is 0 Å². The maximum Gasteiger partial charge on any atom is 0.0690 e. The second-order valence-electron chi connectivity index (χ2n) is 2.91. The largest absolute Gasteiger partial charge is 0.396 e. The lowest BCUT2D eigenvalue weighted by atomic mass is 9.96. The summed E-state index contributed by atoms with van der Waals surface area (Å²) in [6, 6.07) is 0. The van der Waals surface area contributed by atoms with Gasteiger partial charge in [0.25, 0.3) is 0 Å². The van der Waals surface area contributed by atoms with Crippen molar-refractivity contribution in [3.8, 4) is 0 Å². The van der Waals surface area contributed by atoms with Gasteiger partial charge in [-0.25, -0.2) is 0 Å². The van der Waals surface area contributed by atoms with Gasteiger partial charge in [0.15, 0.2) is 0 Å². The average Bonchev–Trinajstić information content (AvgIpc) is 2.00. The molecule has 0 aromatic rings. The van der Waals surface area contributed by atoms with E-state index in [0.717, 1.165) is 0 Å². The Bertz CT molecular complexity index is 102. The van der Waals surface area contributed by atoms with Crippen LogP contribution < -0.4 is 0 Å². The molecule has 0 atom stereocenters. The summed E-state index contributed by atoms with van der Waals surface area (Å²) in [5, 5.41) is 26.6. The van der Waals surface area contributed by atoms with Crippen LogP contribution in [0.3, 0.4) is 0 Å². The lowest BCUT2D eigenvalue weighted by Crippen LogP contribution is -2.51. The Hall–Kier alpha value is -0.160. The normalized spacial score (nSPS) is 12.5. The number of aliphatic hydroxyl groups is 3. The molecule has 0 bridgehead atoms. The summed E-state index contributed by atoms with van der Waals surface area (Å²) >= 11 is 0. The first-order valence-electron chi connectivity index (χ1n) is 3.63. The Balaban J connectivity index is 4.20. The molecule has 4 nitrogen and oxygen atoms in total. The van der Waals surface area contributed by atoms with Crippen LogP contribution in [0.5, 0.6) is 0 Å². The van der Waals surface area contributed by atoms with Gasteiger partial charge in [-0.2, -0.15) is 0 Å². The summed E-state index contributed by atoms with van der Waals surface area (Å²) in [5.41, 5.74) is -0.672. The van der Waals surface area contributed by atoms with Crippen LogP contribution in [-0.2, 0) is 0 Å². The third-order valence-corrected chi connectivity index (χ3v) is 2.11. The molecule has 0 aliphatic rings. The topological polar surface area (TPSA) is 63.9 Å². The predicted octanol–water partition coefficient (Wildman–Crippen LogP) is -1.35. The van der Waals surface area contributed by atoms with E-state index < -0.39 is 5.54 Å². The average molecular weight is 163 g/mol. The fourth-order valence-electron chi connectivity index (χ4n) is 0.923. The van der Waals surface area contributed by atoms with E-state index in [4.69, 9.17) is 15.3 Å². The molecule has 11 heavy (non-hydrogen) atoms. The molecule has 0 amide bonds. The number of aliphatic hydroxyl groups excluding tert-OH is 3. The molecule has 0 aromatic heterocycles. The van der Waals surface area contributed by atoms with Gasteiger partial charge in [-0.05, 0) is 20.5 Å². The summed E-state index contributed by atoms with van der Waals surface area (Å²) in [5.74, 6) is 0. The molecule has 0 aliphatic heterocycles. The number of nitrogens with zero attached hydrogens (tertiary/aromatic N) is 1. The Morgan fingerprint density at radius 2 is 1.55 bits per heavy atom. The molecule has 0 aromatic carbocycles. The maximum absolute atomic E-state index is 8.97. The number of likely N-dealkylation sites (N-methyl/N-ethyl adjacent to an activating group) is 1. The van der Waals surface area contributed by atoms with E-state index >= 15 is 0 Å². The van der Waals surface area contributed by atoms with Gasteiger partial charge in [-0.15, -0.1) is 0 Å². The van der Waals surface area contributed by atoms with Crippen molar-refractivity contribution in [1.82, 2.24) is 4.90 Å². The highest BCUT2D eigenvalue weighted by atomic mass is 16.3. The van der Waals surface area contributed by atoms with E-state index in [1.54, 1.807) is 19.0 Å². The minimum Gasteiger partial charge on any atom is -0.396 e. The summed E-state index contributed by atoms with van der Waals surface area (Å²) < 4.78 is 0. The lowest BCUT2D eigenvalue weighted by molar-refractivity contribution is -0.000438. The van der Waals surface area contributed by atoms with Crippen LogP contribution in [0, 0.1) is 0 Å². The summed E-state index contributed by atoms with van der Waals surface area (Å²) in [6.45, 7) is -0.312. The monoisotopic (exact) mass is 163 g/mol. The third kappa shape index (κ3) is 2.41. The van der Waals surface area contributed by atoms with Crippen LogP contribution in [-0.4, -0.2) is 59.7 Å². The smallest absolute Gasteiger partial charge is 0.0690 e. The van der Waals surface area contributed by atoms with Crippen LogP contribution in [0.15, 0.2) is 0 Å². The van der Waals surface area contributed by atoms with Crippen LogP contribution in [0.1, 0.15) is 6.42 Å². The Kier molecular flexibility index (Phi) is 4.60. The second kappa shape index (κ2) is 4.66. The van der Waals surface area contributed by atoms with Crippen molar-refractivity contribution in [2.24, 2.45) is 0 Å². The van der Waals surface area contributed by atoms with Crippen molar-refractivity contribution in [1.29, 1.82) is 0 Å². The molecule has 0 saturated carbocycles. The minimum atomic E-state index is -0.672. The molecule has 0 heterocycles. The van der Waals surface area contributed by atoms with E-state index in [9.17, 15) is 0 Å². The van der Waals surface area contributed by atoms with Gasteiger partial charge in [-0.1, -0.05) is 0 Å². The third-order valence-electron chi connectivity index (χ3n) is 2.11. The summed E-state index contributed by atoms with van der Waals surface area (Å²) in [7, 11) is 3.53. The Morgan fingerprint density at radius 3 is 1.64 bits per heavy atom. The van der Waals surface area contributed by atoms with E-state index in [1.165, 1.54) is 0 Å². The quantitative estimate of drug-likeness (QED) is 0.469. The molecule has 0 radical (unpaired) electrons. The molecule has 0 unspecified atom stereocenters. The molecule has 0 rings (SSSR count). The Labute approximate surface area is 67.1 Å². The van der Waals surface area contributed by atoms with Crippen LogP contribution in [0.25, 0.3) is 0 Å². The predicted molar refractivity (Wildman–Crippen MR) is 42.3 cm³/mol. The minimum absolute atomic E-state index is 0.0285. The molecule has 0 aliphatic carbocycles. The highest BCUT2D eigenvalue weighted by Gasteiger charge is 2.30. The van der Waals surface area contributed by atoms with Crippen molar-refractivity contribution in [2.75, 3.05) is 33.9 Å². The van der Waals surface area contributed by atoms with E-state index in [0.29, 0.717) is 6.42 Å². The van der Waals surface area contributed by atoms with Gasteiger partial charge in [0, 0.05) is 6.61 Å². The summed E-state index contributed by atoms with van der Waals surface area (Å²) in [6.07, 6.45) is 0.382. The highest BCUT2D eigenvalue weighted by Crippen LogP contribution is 2.14. The molecular formula is C7H17NO3. The van der Waals surface area contributed by atoms with Crippen molar-refractivity contribution >= 4 is 0 Å². The second-order valence-corrected chi connectivity index (χ2v) is 2.91. The molecule has 3 N–H and O–H groups in total. The first kappa shape index (κ1) is 10.8. The van der Waals surface area contributed by atoms with E-state index in [1.807, 2.05) is 0 Å². The van der Waals surface area contributed by atoms with E-state index in [2.05, 4.69) is 0 Å². The summed E-state index contributed by atoms with van der Waals surface area (Å²) in [4.78, 5) is 1.73. The van der Waals surface area contributed by atoms with E-state index in [-0.39, 0.29) is 19.8 Å². The highest BCUT2D eigenvalue weighted by molar-refractivity contribution is 4.86. The number of rotatable bonds is 5. The van der Waals surface area contributed by atoms with Gasteiger partial charge in [0.1, 0.15) is 0 Å². The van der Waals surface area contributed by atoms with Gasteiger partial charge >= 0.3 is 0 Å². The van der Waals surface area contributed by atoms with Gasteiger partial charge < -0.3 is 15.3 Å². The van der Waals surface area contributed by atoms with Crippen molar-refractivity contribution < 1.29 is 15.3 Å². The SMILES string of the molecule is CN(C)C(CO)(CO)CCO. The van der Waals surface area contributed by atoms with Crippen molar-refractivity contribution in [3.63, 3.8) is 0 Å². The van der Waals surface area contributed by atoms with Gasteiger partial charge in [0.05, 0.1) is 18.8 Å². The molecule has 0 saturated heterocycles. The van der Waals surface area contributed by atoms with Crippen molar-refractivity contribution in [3.05, 3.63) is 0 Å². The maximum atomic E-state index is 8.97. The zero-order valence-electron chi connectivity index (χ0n) is 7.12. The zero-order chi connectivity index (χ0) is 8.91. The molecule has 4 heteroatoms. The molecule has 0 spiro atoms. The zero-order valence-corrected chi connectivity index (χ0v) is 7.12. The van der Waals surface area contributed by atoms with Crippen LogP contribution in [0.2, 0.25) is 0 Å². The first-order chi connectivity index (χ1) is 5.13. The van der Waals surface area contributed by atoms with Gasteiger partial charge in [-0.3, -0.25) is 4.90 Å². The van der Waals surface area contributed by atoms with Crippen LogP contribution in [0.4, 0.5) is 0 Å². The molecular weight excluding hydrogens is 146 g/mol. The first-order valence-corrected chi connectivity index (χ1v) is 3.63. The molecule has 68 valence electrons. The fourth-order valence-corrected chi connectivity index (χ4v) is 0.923.